The lowest BCUT2D eigenvalue weighted by atomic mass is 10.1. The van der Waals surface area contributed by atoms with Crippen molar-refractivity contribution in [1.82, 2.24) is 14.2 Å². The molecular weight excluding hydrogens is 440 g/mol. The average molecular weight is 467 g/mol. The number of nitrogens with zero attached hydrogens (tertiary/aromatic N) is 4. The minimum atomic E-state index is -3.77. The Morgan fingerprint density at radius 1 is 1.13 bits per heavy atom. The number of ether oxygens (including phenoxy) is 1. The highest BCUT2D eigenvalue weighted by Crippen LogP contribution is 2.28. The molecule has 8 nitrogen and oxygen atoms in total. The minimum absolute atomic E-state index is 0.00792. The molecule has 168 valence electrons. The molecule has 10 heteroatoms. The van der Waals surface area contributed by atoms with Crippen molar-refractivity contribution in [1.29, 1.82) is 0 Å². The number of benzene rings is 1. The van der Waals surface area contributed by atoms with Crippen molar-refractivity contribution in [3.05, 3.63) is 47.1 Å². The van der Waals surface area contributed by atoms with E-state index in [0.29, 0.717) is 49.9 Å². The second-order valence-corrected chi connectivity index (χ2v) is 9.41. The molecule has 0 radical (unpaired) electrons. The van der Waals surface area contributed by atoms with Crippen molar-refractivity contribution in [3.63, 3.8) is 0 Å². The van der Waals surface area contributed by atoms with Gasteiger partial charge in [0.05, 0.1) is 12.1 Å². The molecule has 1 aromatic heterocycles. The first-order chi connectivity index (χ1) is 14.8. The van der Waals surface area contributed by atoms with Crippen LogP contribution in [0, 0.1) is 0 Å². The number of amides is 1. The van der Waals surface area contributed by atoms with Gasteiger partial charge in [-0.15, -0.1) is 0 Å². The van der Waals surface area contributed by atoms with Crippen LogP contribution in [0.3, 0.4) is 0 Å². The molecule has 31 heavy (non-hydrogen) atoms. The highest BCUT2D eigenvalue weighted by Gasteiger charge is 2.29. The number of piperazine rings is 1. The molecule has 0 atom stereocenters. The standard InChI is InChI=1S/C21H27ClN4O4S/c1-4-26(5-2)31(28,29)19-14-16(6-8-18(19)30-3)21(27)25-12-10-24(11-13-25)20-9-7-17(22)15-23-20/h6-9,14-15H,4-5,10-13H2,1-3H3. The molecule has 0 spiro atoms. The first kappa shape index (κ1) is 23.3. The number of methoxy groups -OCH3 is 1. The van der Waals surface area contributed by atoms with Crippen LogP contribution < -0.4 is 9.64 Å². The molecule has 1 amide bonds. The maximum absolute atomic E-state index is 13.1. The smallest absolute Gasteiger partial charge is 0.254 e. The Hall–Kier alpha value is -2.36. The normalized spacial score (nSPS) is 14.7. The zero-order valence-corrected chi connectivity index (χ0v) is 19.5. The number of hydrogen-bond donors (Lipinski definition) is 0. The number of hydrogen-bond acceptors (Lipinski definition) is 6. The number of aromatic nitrogens is 1. The summed E-state index contributed by atoms with van der Waals surface area (Å²) in [5.74, 6) is 0.831. The third kappa shape index (κ3) is 4.94. The summed E-state index contributed by atoms with van der Waals surface area (Å²) in [5, 5.41) is 0.576. The lowest BCUT2D eigenvalue weighted by Crippen LogP contribution is -2.49. The molecule has 1 saturated heterocycles. The van der Waals surface area contributed by atoms with Crippen molar-refractivity contribution >= 4 is 33.3 Å². The number of carbonyl (C=O) groups is 1. The molecule has 0 N–H and O–H groups in total. The Morgan fingerprint density at radius 2 is 1.81 bits per heavy atom. The summed E-state index contributed by atoms with van der Waals surface area (Å²) in [6, 6.07) is 8.21. The van der Waals surface area contributed by atoms with Crippen molar-refractivity contribution in [2.75, 3.05) is 51.3 Å². The SMILES string of the molecule is CCN(CC)S(=O)(=O)c1cc(C(=O)N2CCN(c3ccc(Cl)cn3)CC2)ccc1OC. The lowest BCUT2D eigenvalue weighted by molar-refractivity contribution is 0.0746. The minimum Gasteiger partial charge on any atom is -0.495 e. The van der Waals surface area contributed by atoms with Gasteiger partial charge in [0.15, 0.2) is 0 Å². The molecule has 2 heterocycles. The van der Waals surface area contributed by atoms with Gasteiger partial charge < -0.3 is 14.5 Å². The lowest BCUT2D eigenvalue weighted by Gasteiger charge is -2.35. The van der Waals surface area contributed by atoms with Crippen molar-refractivity contribution < 1.29 is 17.9 Å². The van der Waals surface area contributed by atoms with E-state index < -0.39 is 10.0 Å². The molecule has 3 rings (SSSR count). The predicted molar refractivity (Wildman–Crippen MR) is 120 cm³/mol. The van der Waals surface area contributed by atoms with E-state index in [1.54, 1.807) is 37.1 Å². The molecule has 1 fully saturated rings. The van der Waals surface area contributed by atoms with E-state index in [1.807, 2.05) is 6.07 Å². The third-order valence-corrected chi connectivity index (χ3v) is 7.63. The number of pyridine rings is 1. The zero-order valence-electron chi connectivity index (χ0n) is 17.9. The quantitative estimate of drug-likeness (QED) is 0.624. The van der Waals surface area contributed by atoms with E-state index in [4.69, 9.17) is 16.3 Å². The van der Waals surface area contributed by atoms with Crippen molar-refractivity contribution in [3.8, 4) is 5.75 Å². The number of halogens is 1. The molecule has 0 saturated carbocycles. The van der Waals surface area contributed by atoms with E-state index in [9.17, 15) is 13.2 Å². The van der Waals surface area contributed by atoms with Crippen molar-refractivity contribution in [2.45, 2.75) is 18.7 Å². The topological polar surface area (TPSA) is 83.1 Å². The van der Waals surface area contributed by atoms with Crippen LogP contribution in [-0.4, -0.2) is 74.9 Å². The Labute approximate surface area is 188 Å². The summed E-state index contributed by atoms with van der Waals surface area (Å²) in [6.07, 6.45) is 1.60. The first-order valence-corrected chi connectivity index (χ1v) is 12.0. The van der Waals surface area contributed by atoms with Crippen molar-refractivity contribution in [2.24, 2.45) is 0 Å². The second-order valence-electron chi connectivity index (χ2n) is 7.07. The molecular formula is C21H27ClN4O4S. The Morgan fingerprint density at radius 3 is 2.35 bits per heavy atom. The van der Waals surface area contributed by atoms with Gasteiger partial charge in [-0.2, -0.15) is 4.31 Å². The maximum atomic E-state index is 13.1. The highest BCUT2D eigenvalue weighted by atomic mass is 35.5. The number of rotatable bonds is 7. The van der Waals surface area contributed by atoms with E-state index in [2.05, 4.69) is 9.88 Å². The summed E-state index contributed by atoms with van der Waals surface area (Å²) < 4.78 is 32.7. The van der Waals surface area contributed by atoms with E-state index in [1.165, 1.54) is 23.5 Å². The van der Waals surface area contributed by atoms with Gasteiger partial charge in [-0.3, -0.25) is 4.79 Å². The van der Waals surface area contributed by atoms with Crippen LogP contribution in [0.5, 0.6) is 5.75 Å². The van der Waals surface area contributed by atoms with E-state index in [0.717, 1.165) is 5.82 Å². The molecule has 0 aliphatic carbocycles. The van der Waals surface area contributed by atoms with E-state index in [-0.39, 0.29) is 16.6 Å². The fourth-order valence-corrected chi connectivity index (χ4v) is 5.34. The number of anilines is 1. The molecule has 1 aliphatic heterocycles. The van der Waals surface area contributed by atoms with Gasteiger partial charge in [0.1, 0.15) is 16.5 Å². The largest absolute Gasteiger partial charge is 0.495 e. The van der Waals surface area contributed by atoms with Gasteiger partial charge in [-0.1, -0.05) is 25.4 Å². The van der Waals surface area contributed by atoms with Crippen LogP contribution in [0.1, 0.15) is 24.2 Å². The number of carbonyl (C=O) groups excluding carboxylic acids is 1. The predicted octanol–water partition coefficient (Wildman–Crippen LogP) is 2.74. The molecule has 0 unspecified atom stereocenters. The Balaban J connectivity index is 1.79. The van der Waals surface area contributed by atoms with Crippen LogP contribution in [0.15, 0.2) is 41.4 Å². The van der Waals surface area contributed by atoms with Crippen LogP contribution in [0.25, 0.3) is 0 Å². The highest BCUT2D eigenvalue weighted by molar-refractivity contribution is 7.89. The molecule has 0 bridgehead atoms. The Bertz CT molecular complexity index is 1020. The summed E-state index contributed by atoms with van der Waals surface area (Å²) in [4.78, 5) is 21.2. The van der Waals surface area contributed by atoms with E-state index >= 15 is 0 Å². The fourth-order valence-electron chi connectivity index (χ4n) is 3.59. The molecule has 1 aromatic carbocycles. The summed E-state index contributed by atoms with van der Waals surface area (Å²) in [5.41, 5.74) is 0.324. The summed E-state index contributed by atoms with van der Waals surface area (Å²) in [6.45, 7) is 6.49. The average Bonchev–Trinajstić information content (AvgIpc) is 2.79. The molecule has 1 aliphatic rings. The van der Waals surface area contributed by atoms with Gasteiger partial charge in [-0.25, -0.2) is 13.4 Å². The Kier molecular flexibility index (Phi) is 7.40. The van der Waals surface area contributed by atoms with Gasteiger partial charge in [0, 0.05) is 51.0 Å². The van der Waals surface area contributed by atoms with Gasteiger partial charge in [0.2, 0.25) is 10.0 Å². The zero-order chi connectivity index (χ0) is 22.6. The number of sulfonamides is 1. The van der Waals surface area contributed by atoms with Crippen LogP contribution in [0.2, 0.25) is 5.02 Å². The van der Waals surface area contributed by atoms with Crippen LogP contribution >= 0.6 is 11.6 Å². The third-order valence-electron chi connectivity index (χ3n) is 5.34. The maximum Gasteiger partial charge on any atom is 0.254 e. The fraction of sp³-hybridized carbons (Fsp3) is 0.429. The second kappa shape index (κ2) is 9.84. The first-order valence-electron chi connectivity index (χ1n) is 10.2. The molecule has 2 aromatic rings. The van der Waals surface area contributed by atoms with Gasteiger partial charge in [-0.05, 0) is 30.3 Å². The van der Waals surface area contributed by atoms with Crippen LogP contribution in [0.4, 0.5) is 5.82 Å². The van der Waals surface area contributed by atoms with Crippen LogP contribution in [-0.2, 0) is 10.0 Å². The monoisotopic (exact) mass is 466 g/mol. The van der Waals surface area contributed by atoms with Gasteiger partial charge >= 0.3 is 0 Å². The summed E-state index contributed by atoms with van der Waals surface area (Å²) in [7, 11) is -2.35. The summed E-state index contributed by atoms with van der Waals surface area (Å²) >= 11 is 5.90. The van der Waals surface area contributed by atoms with Gasteiger partial charge in [0.25, 0.3) is 5.91 Å².